The van der Waals surface area contributed by atoms with E-state index in [1.807, 2.05) is 0 Å². The lowest BCUT2D eigenvalue weighted by molar-refractivity contribution is -0.141. The van der Waals surface area contributed by atoms with Crippen LogP contribution in [0.2, 0.25) is 5.02 Å². The summed E-state index contributed by atoms with van der Waals surface area (Å²) >= 11 is 6.05. The van der Waals surface area contributed by atoms with Crippen LogP contribution in [0, 0.1) is 0 Å². The van der Waals surface area contributed by atoms with Crippen molar-refractivity contribution in [2.75, 3.05) is 5.73 Å². The molecule has 0 aliphatic heterocycles. The molecule has 142 valence electrons. The number of hydrogen-bond donors (Lipinski definition) is 1. The van der Waals surface area contributed by atoms with E-state index in [0.717, 1.165) is 4.68 Å². The molecule has 7 nitrogen and oxygen atoms in total. The number of nitrogens with zero attached hydrogens (tertiary/aromatic N) is 4. The van der Waals surface area contributed by atoms with Gasteiger partial charge in [0.15, 0.2) is 11.5 Å². The van der Waals surface area contributed by atoms with Gasteiger partial charge in [0.25, 0.3) is 0 Å². The Morgan fingerprint density at radius 2 is 1.96 bits per heavy atom. The van der Waals surface area contributed by atoms with Gasteiger partial charge in [-0.3, -0.25) is 0 Å². The summed E-state index contributed by atoms with van der Waals surface area (Å²) in [7, 11) is 0. The summed E-state index contributed by atoms with van der Waals surface area (Å²) in [6.45, 7) is 0. The number of fused-ring (bicyclic) bond motifs is 1. The molecule has 0 saturated heterocycles. The van der Waals surface area contributed by atoms with Crippen molar-refractivity contribution in [1.82, 2.24) is 19.7 Å². The maximum atomic E-state index is 13.2. The highest BCUT2D eigenvalue weighted by Crippen LogP contribution is 2.33. The van der Waals surface area contributed by atoms with E-state index in [9.17, 15) is 18.0 Å². The number of hydrogen-bond acceptors (Lipinski definition) is 6. The number of nitrogen functional groups attached to an aromatic ring is 1. The topological polar surface area (TPSA) is 99.8 Å². The summed E-state index contributed by atoms with van der Waals surface area (Å²) in [4.78, 5) is 20.4. The molecule has 0 unspecified atom stereocenters. The van der Waals surface area contributed by atoms with Crippen molar-refractivity contribution in [3.8, 4) is 17.4 Å². The van der Waals surface area contributed by atoms with Crippen LogP contribution >= 0.6 is 11.6 Å². The number of anilines is 1. The monoisotopic (exact) mass is 407 g/mol. The van der Waals surface area contributed by atoms with Crippen LogP contribution in [0.25, 0.3) is 28.3 Å². The Hall–Kier alpha value is -3.40. The lowest BCUT2D eigenvalue weighted by Crippen LogP contribution is -2.09. The summed E-state index contributed by atoms with van der Waals surface area (Å²) < 4.78 is 45.7. The van der Waals surface area contributed by atoms with E-state index in [-0.39, 0.29) is 33.3 Å². The number of aromatic nitrogens is 4. The molecule has 0 aliphatic rings. The Morgan fingerprint density at radius 3 is 2.68 bits per heavy atom. The molecule has 3 heterocycles. The second-order valence-electron chi connectivity index (χ2n) is 5.72. The van der Waals surface area contributed by atoms with Gasteiger partial charge in [0.05, 0.1) is 15.9 Å². The quantitative estimate of drug-likeness (QED) is 0.509. The van der Waals surface area contributed by atoms with Crippen LogP contribution in [0.1, 0.15) is 5.69 Å². The molecule has 0 fully saturated rings. The van der Waals surface area contributed by atoms with Crippen molar-refractivity contribution in [2.45, 2.75) is 6.18 Å². The molecular weight excluding hydrogens is 399 g/mol. The summed E-state index contributed by atoms with van der Waals surface area (Å²) in [5.41, 5.74) is 3.91. The van der Waals surface area contributed by atoms with E-state index in [0.29, 0.717) is 11.8 Å². The number of halogens is 4. The average Bonchev–Trinajstić information content (AvgIpc) is 3.08. The molecular formula is C17H9ClF3N5O2. The molecule has 0 aliphatic carbocycles. The van der Waals surface area contributed by atoms with Crippen molar-refractivity contribution in [3.05, 3.63) is 63.7 Å². The molecule has 4 aromatic rings. The third-order valence-electron chi connectivity index (χ3n) is 3.81. The van der Waals surface area contributed by atoms with Crippen molar-refractivity contribution < 1.29 is 17.6 Å². The fourth-order valence-corrected chi connectivity index (χ4v) is 2.77. The van der Waals surface area contributed by atoms with Gasteiger partial charge in [-0.2, -0.15) is 18.3 Å². The van der Waals surface area contributed by atoms with Gasteiger partial charge in [-0.1, -0.05) is 11.6 Å². The summed E-state index contributed by atoms with van der Waals surface area (Å²) in [6, 6.07) is 8.00. The van der Waals surface area contributed by atoms with Gasteiger partial charge in [-0.25, -0.2) is 19.4 Å². The maximum Gasteiger partial charge on any atom is 0.435 e. The van der Waals surface area contributed by atoms with Crippen LogP contribution in [0.3, 0.4) is 0 Å². The van der Waals surface area contributed by atoms with Crippen molar-refractivity contribution in [2.24, 2.45) is 0 Å². The fraction of sp³-hybridized carbons (Fsp3) is 0.0588. The minimum absolute atomic E-state index is 0.0523. The molecule has 0 amide bonds. The van der Waals surface area contributed by atoms with Gasteiger partial charge in [0.2, 0.25) is 5.89 Å². The SMILES string of the molecule is Nc1ccc2nc(-c3cc(C(F)(F)F)nn3-c3ncccc3Cl)oc(=O)c2c1. The third-order valence-corrected chi connectivity index (χ3v) is 4.11. The molecule has 2 N–H and O–H groups in total. The Balaban J connectivity index is 2.01. The normalized spacial score (nSPS) is 11.9. The van der Waals surface area contributed by atoms with Gasteiger partial charge in [-0.05, 0) is 30.3 Å². The van der Waals surface area contributed by atoms with E-state index in [4.69, 9.17) is 21.8 Å². The molecule has 1 aromatic carbocycles. The molecule has 0 radical (unpaired) electrons. The second kappa shape index (κ2) is 6.34. The molecule has 11 heteroatoms. The van der Waals surface area contributed by atoms with Gasteiger partial charge in [0, 0.05) is 18.0 Å². The largest absolute Gasteiger partial charge is 0.435 e. The molecule has 3 aromatic heterocycles. The molecule has 0 bridgehead atoms. The molecule has 4 rings (SSSR count). The number of pyridine rings is 1. The molecule has 0 atom stereocenters. The summed E-state index contributed by atoms with van der Waals surface area (Å²) in [5.74, 6) is -0.441. The van der Waals surface area contributed by atoms with Gasteiger partial charge in [0.1, 0.15) is 5.69 Å². The van der Waals surface area contributed by atoms with E-state index in [1.54, 1.807) is 0 Å². The molecule has 0 saturated carbocycles. The minimum Gasteiger partial charge on any atom is -0.401 e. The van der Waals surface area contributed by atoms with Crippen LogP contribution in [-0.2, 0) is 6.18 Å². The van der Waals surface area contributed by atoms with Crippen molar-refractivity contribution >= 4 is 28.2 Å². The number of alkyl halides is 3. The van der Waals surface area contributed by atoms with E-state index in [1.165, 1.54) is 36.5 Å². The third kappa shape index (κ3) is 3.07. The number of benzene rings is 1. The van der Waals surface area contributed by atoms with Crippen molar-refractivity contribution in [3.63, 3.8) is 0 Å². The predicted molar refractivity (Wildman–Crippen MR) is 95.1 cm³/mol. The zero-order valence-corrected chi connectivity index (χ0v) is 14.5. The molecule has 28 heavy (non-hydrogen) atoms. The first kappa shape index (κ1) is 18.0. The van der Waals surface area contributed by atoms with Crippen LogP contribution in [-0.4, -0.2) is 19.7 Å². The predicted octanol–water partition coefficient (Wildman–Crippen LogP) is 3.69. The standard InChI is InChI=1S/C17H9ClF3N5O2/c18-10-2-1-5-23-14(10)26-12(7-13(25-26)17(19,20)21)15-24-11-4-3-8(22)6-9(11)16(27)28-15/h1-7H,22H2. The lowest BCUT2D eigenvalue weighted by atomic mass is 10.2. The molecule has 0 spiro atoms. The summed E-state index contributed by atoms with van der Waals surface area (Å²) in [5, 5.41) is 3.69. The van der Waals surface area contributed by atoms with Crippen LogP contribution in [0.4, 0.5) is 18.9 Å². The maximum absolute atomic E-state index is 13.2. The highest BCUT2D eigenvalue weighted by Gasteiger charge is 2.36. The highest BCUT2D eigenvalue weighted by atomic mass is 35.5. The van der Waals surface area contributed by atoms with Crippen LogP contribution < -0.4 is 11.4 Å². The Kier molecular flexibility index (Phi) is 4.07. The lowest BCUT2D eigenvalue weighted by Gasteiger charge is -2.07. The Labute approximate surface area is 159 Å². The smallest absolute Gasteiger partial charge is 0.401 e. The minimum atomic E-state index is -4.74. The van der Waals surface area contributed by atoms with Gasteiger partial charge < -0.3 is 10.2 Å². The van der Waals surface area contributed by atoms with Crippen LogP contribution in [0.15, 0.2) is 51.8 Å². The number of rotatable bonds is 2. The van der Waals surface area contributed by atoms with Gasteiger partial charge in [-0.15, -0.1) is 0 Å². The summed E-state index contributed by atoms with van der Waals surface area (Å²) in [6.07, 6.45) is -3.40. The zero-order chi connectivity index (χ0) is 20.1. The van der Waals surface area contributed by atoms with E-state index < -0.39 is 17.5 Å². The number of nitrogens with two attached hydrogens (primary N) is 1. The first-order valence-electron chi connectivity index (χ1n) is 7.73. The van der Waals surface area contributed by atoms with Gasteiger partial charge >= 0.3 is 11.8 Å². The Morgan fingerprint density at radius 1 is 1.18 bits per heavy atom. The average molecular weight is 408 g/mol. The first-order chi connectivity index (χ1) is 13.2. The second-order valence-corrected chi connectivity index (χ2v) is 6.12. The van der Waals surface area contributed by atoms with Crippen molar-refractivity contribution in [1.29, 1.82) is 0 Å². The zero-order valence-electron chi connectivity index (χ0n) is 13.7. The fourth-order valence-electron chi connectivity index (χ4n) is 2.57. The highest BCUT2D eigenvalue weighted by molar-refractivity contribution is 6.32. The van der Waals surface area contributed by atoms with E-state index in [2.05, 4.69) is 15.1 Å². The van der Waals surface area contributed by atoms with Crippen LogP contribution in [0.5, 0.6) is 0 Å². The Bertz CT molecular complexity index is 1270. The van der Waals surface area contributed by atoms with E-state index >= 15 is 0 Å². The first-order valence-corrected chi connectivity index (χ1v) is 8.11.